The van der Waals surface area contributed by atoms with E-state index in [1.54, 1.807) is 0 Å². The Morgan fingerprint density at radius 1 is 1.57 bits per heavy atom. The highest BCUT2D eigenvalue weighted by atomic mass is 32.1. The molecule has 3 heteroatoms. The highest BCUT2D eigenvalue weighted by molar-refractivity contribution is 7.10. The third-order valence-corrected chi connectivity index (χ3v) is 3.22. The molecule has 0 fully saturated rings. The largest absolute Gasteiger partial charge is 0.301 e. The van der Waals surface area contributed by atoms with Gasteiger partial charge in [-0.25, -0.2) is 0 Å². The van der Waals surface area contributed by atoms with Gasteiger partial charge in [-0.05, 0) is 43.9 Å². The van der Waals surface area contributed by atoms with Crippen molar-refractivity contribution in [1.82, 2.24) is 4.90 Å². The Hall–Kier alpha value is -0.850. The summed E-state index contributed by atoms with van der Waals surface area (Å²) in [4.78, 5) is 3.71. The van der Waals surface area contributed by atoms with Crippen molar-refractivity contribution < 1.29 is 0 Å². The van der Waals surface area contributed by atoms with E-state index in [2.05, 4.69) is 36.4 Å². The first-order chi connectivity index (χ1) is 6.74. The summed E-state index contributed by atoms with van der Waals surface area (Å²) < 4.78 is 0. The zero-order valence-electron chi connectivity index (χ0n) is 8.79. The standard InChI is InChI=1S/C11H16N2S/c1-10-5-8-14-11(10)9-13(2)7-4-3-6-12/h5,8H,3-4,7,9H2,1-2H3. The van der Waals surface area contributed by atoms with Crippen molar-refractivity contribution in [3.8, 4) is 6.07 Å². The Morgan fingerprint density at radius 3 is 2.93 bits per heavy atom. The molecule has 1 heterocycles. The Kier molecular flexibility index (Phi) is 4.64. The van der Waals surface area contributed by atoms with E-state index in [4.69, 9.17) is 5.26 Å². The van der Waals surface area contributed by atoms with Crippen LogP contribution in [0.4, 0.5) is 0 Å². The third-order valence-electron chi connectivity index (χ3n) is 2.21. The van der Waals surface area contributed by atoms with Crippen LogP contribution in [-0.2, 0) is 6.54 Å². The maximum Gasteiger partial charge on any atom is 0.0622 e. The van der Waals surface area contributed by atoms with Crippen molar-refractivity contribution >= 4 is 11.3 Å². The van der Waals surface area contributed by atoms with E-state index < -0.39 is 0 Å². The van der Waals surface area contributed by atoms with Gasteiger partial charge in [0.1, 0.15) is 0 Å². The van der Waals surface area contributed by atoms with Crippen molar-refractivity contribution in [3.05, 3.63) is 21.9 Å². The lowest BCUT2D eigenvalue weighted by atomic mass is 10.2. The summed E-state index contributed by atoms with van der Waals surface area (Å²) in [6.45, 7) is 4.16. The van der Waals surface area contributed by atoms with E-state index in [-0.39, 0.29) is 0 Å². The van der Waals surface area contributed by atoms with E-state index in [0.29, 0.717) is 6.42 Å². The molecular formula is C11H16N2S. The minimum atomic E-state index is 0.660. The Bertz CT molecular complexity index is 311. The van der Waals surface area contributed by atoms with Crippen LogP contribution < -0.4 is 0 Å². The second-order valence-electron chi connectivity index (χ2n) is 3.53. The molecule has 0 aromatic carbocycles. The van der Waals surface area contributed by atoms with Crippen LogP contribution in [0, 0.1) is 18.3 Å². The first-order valence-electron chi connectivity index (χ1n) is 4.82. The number of aryl methyl sites for hydroxylation is 1. The van der Waals surface area contributed by atoms with Gasteiger partial charge in [-0.1, -0.05) is 0 Å². The van der Waals surface area contributed by atoms with Gasteiger partial charge in [0.15, 0.2) is 0 Å². The molecule has 0 aliphatic rings. The van der Waals surface area contributed by atoms with Gasteiger partial charge in [0.05, 0.1) is 6.07 Å². The summed E-state index contributed by atoms with van der Waals surface area (Å²) in [7, 11) is 2.11. The molecule has 0 bridgehead atoms. The summed E-state index contributed by atoms with van der Waals surface area (Å²) in [5, 5.41) is 10.5. The molecule has 0 N–H and O–H groups in total. The molecule has 1 aromatic rings. The molecule has 0 amide bonds. The van der Waals surface area contributed by atoms with Crippen LogP contribution in [0.2, 0.25) is 0 Å². The molecule has 0 aliphatic heterocycles. The number of hydrogen-bond acceptors (Lipinski definition) is 3. The summed E-state index contributed by atoms with van der Waals surface area (Å²) in [5.41, 5.74) is 1.38. The van der Waals surface area contributed by atoms with E-state index in [0.717, 1.165) is 19.5 Å². The van der Waals surface area contributed by atoms with Crippen LogP contribution in [0.15, 0.2) is 11.4 Å². The van der Waals surface area contributed by atoms with Crippen LogP contribution in [0.3, 0.4) is 0 Å². The molecule has 0 radical (unpaired) electrons. The average Bonchev–Trinajstić information content (AvgIpc) is 2.52. The van der Waals surface area contributed by atoms with Crippen molar-refractivity contribution in [3.63, 3.8) is 0 Å². The monoisotopic (exact) mass is 208 g/mol. The van der Waals surface area contributed by atoms with Crippen LogP contribution >= 0.6 is 11.3 Å². The molecule has 0 unspecified atom stereocenters. The lowest BCUT2D eigenvalue weighted by Gasteiger charge is -2.14. The Balaban J connectivity index is 2.31. The molecule has 0 spiro atoms. The fourth-order valence-electron chi connectivity index (χ4n) is 1.32. The molecule has 0 saturated heterocycles. The fraction of sp³-hybridized carbons (Fsp3) is 0.545. The lowest BCUT2D eigenvalue weighted by molar-refractivity contribution is 0.326. The van der Waals surface area contributed by atoms with Crippen molar-refractivity contribution in [2.24, 2.45) is 0 Å². The van der Waals surface area contributed by atoms with Crippen molar-refractivity contribution in [2.45, 2.75) is 26.3 Å². The van der Waals surface area contributed by atoms with Gasteiger partial charge in [-0.15, -0.1) is 11.3 Å². The quantitative estimate of drug-likeness (QED) is 0.696. The second-order valence-corrected chi connectivity index (χ2v) is 4.53. The predicted molar refractivity (Wildman–Crippen MR) is 60.2 cm³/mol. The average molecular weight is 208 g/mol. The summed E-state index contributed by atoms with van der Waals surface area (Å²) in [6, 6.07) is 4.33. The fourth-order valence-corrected chi connectivity index (χ4v) is 2.30. The molecule has 0 atom stereocenters. The van der Waals surface area contributed by atoms with Gasteiger partial charge in [0.2, 0.25) is 0 Å². The molecule has 0 aliphatic carbocycles. The van der Waals surface area contributed by atoms with Crippen molar-refractivity contribution in [2.75, 3.05) is 13.6 Å². The third kappa shape index (κ3) is 3.49. The normalized spacial score (nSPS) is 10.4. The molecule has 0 saturated carbocycles. The minimum Gasteiger partial charge on any atom is -0.301 e. The predicted octanol–water partition coefficient (Wildman–Crippen LogP) is 2.79. The Labute approximate surface area is 89.8 Å². The van der Waals surface area contributed by atoms with Gasteiger partial charge in [0.25, 0.3) is 0 Å². The molecule has 14 heavy (non-hydrogen) atoms. The SMILES string of the molecule is Cc1ccsc1CN(C)CCCC#N. The number of nitriles is 1. The zero-order chi connectivity index (χ0) is 10.4. The molecule has 2 nitrogen and oxygen atoms in total. The van der Waals surface area contributed by atoms with E-state index >= 15 is 0 Å². The maximum atomic E-state index is 8.41. The van der Waals surface area contributed by atoms with Crippen LogP contribution in [0.25, 0.3) is 0 Å². The summed E-state index contributed by atoms with van der Waals surface area (Å²) >= 11 is 1.81. The molecular weight excluding hydrogens is 192 g/mol. The van der Waals surface area contributed by atoms with E-state index in [1.165, 1.54) is 10.4 Å². The van der Waals surface area contributed by atoms with E-state index in [9.17, 15) is 0 Å². The Morgan fingerprint density at radius 2 is 2.36 bits per heavy atom. The summed E-state index contributed by atoms with van der Waals surface area (Å²) in [6.07, 6.45) is 1.63. The summed E-state index contributed by atoms with van der Waals surface area (Å²) in [5.74, 6) is 0. The maximum absolute atomic E-state index is 8.41. The van der Waals surface area contributed by atoms with Gasteiger partial charge in [-0.2, -0.15) is 5.26 Å². The number of thiophene rings is 1. The highest BCUT2D eigenvalue weighted by Gasteiger charge is 2.03. The number of rotatable bonds is 5. The second kappa shape index (κ2) is 5.79. The molecule has 1 aromatic heterocycles. The lowest BCUT2D eigenvalue weighted by Crippen LogP contribution is -2.18. The number of unbranched alkanes of at least 4 members (excludes halogenated alkanes) is 1. The molecule has 76 valence electrons. The van der Waals surface area contributed by atoms with Gasteiger partial charge >= 0.3 is 0 Å². The molecule has 1 rings (SSSR count). The van der Waals surface area contributed by atoms with Gasteiger partial charge in [0, 0.05) is 17.8 Å². The van der Waals surface area contributed by atoms with Crippen molar-refractivity contribution in [1.29, 1.82) is 5.26 Å². The highest BCUT2D eigenvalue weighted by Crippen LogP contribution is 2.17. The van der Waals surface area contributed by atoms with E-state index in [1.807, 2.05) is 11.3 Å². The first-order valence-corrected chi connectivity index (χ1v) is 5.70. The number of hydrogen-bond donors (Lipinski definition) is 0. The van der Waals surface area contributed by atoms with Crippen LogP contribution in [0.5, 0.6) is 0 Å². The topological polar surface area (TPSA) is 27.0 Å². The minimum absolute atomic E-state index is 0.660. The van der Waals surface area contributed by atoms with Crippen LogP contribution in [-0.4, -0.2) is 18.5 Å². The smallest absolute Gasteiger partial charge is 0.0622 e. The van der Waals surface area contributed by atoms with Gasteiger partial charge < -0.3 is 4.90 Å². The first kappa shape index (κ1) is 11.2. The number of nitrogens with zero attached hydrogens (tertiary/aromatic N) is 2. The van der Waals surface area contributed by atoms with Gasteiger partial charge in [-0.3, -0.25) is 0 Å². The van der Waals surface area contributed by atoms with Crippen LogP contribution in [0.1, 0.15) is 23.3 Å². The zero-order valence-corrected chi connectivity index (χ0v) is 9.60.